The van der Waals surface area contributed by atoms with Crippen LogP contribution in [0.3, 0.4) is 0 Å². The molecule has 2 unspecified atom stereocenters. The van der Waals surface area contributed by atoms with Crippen LogP contribution in [0.1, 0.15) is 38.6 Å². The van der Waals surface area contributed by atoms with Gasteiger partial charge < -0.3 is 10.1 Å². The van der Waals surface area contributed by atoms with Crippen molar-refractivity contribution in [3.63, 3.8) is 0 Å². The Morgan fingerprint density at radius 1 is 1.50 bits per heavy atom. The van der Waals surface area contributed by atoms with Crippen LogP contribution in [0.4, 0.5) is 0 Å². The maximum atomic E-state index is 5.25. The summed E-state index contributed by atoms with van der Waals surface area (Å²) in [5.41, 5.74) is 0. The van der Waals surface area contributed by atoms with Crippen LogP contribution in [0.15, 0.2) is 0 Å². The maximum Gasteiger partial charge on any atom is 0.165 e. The van der Waals surface area contributed by atoms with Gasteiger partial charge in [-0.05, 0) is 37.1 Å². The highest BCUT2D eigenvalue weighted by atomic mass is 16.5. The molecule has 0 bridgehead atoms. The Kier molecular flexibility index (Phi) is 3.50. The van der Waals surface area contributed by atoms with E-state index in [-0.39, 0.29) is 12.1 Å². The predicted molar refractivity (Wildman–Crippen MR) is 58.9 cm³/mol. The van der Waals surface area contributed by atoms with E-state index < -0.39 is 0 Å². The van der Waals surface area contributed by atoms with Crippen LogP contribution < -0.4 is 5.32 Å². The van der Waals surface area contributed by atoms with Gasteiger partial charge in [0.2, 0.25) is 0 Å². The minimum Gasteiger partial charge on any atom is -0.380 e. The average Bonchev–Trinajstić information content (AvgIpc) is 3.04. The van der Waals surface area contributed by atoms with Gasteiger partial charge in [0.05, 0.1) is 18.7 Å². The van der Waals surface area contributed by atoms with Crippen LogP contribution in [0, 0.1) is 0 Å². The summed E-state index contributed by atoms with van der Waals surface area (Å²) in [4.78, 5) is 0. The van der Waals surface area contributed by atoms with Crippen molar-refractivity contribution in [1.29, 1.82) is 0 Å². The second kappa shape index (κ2) is 4.88. The Morgan fingerprint density at radius 3 is 2.88 bits per heavy atom. The normalized spacial score (nSPS) is 19.7. The van der Waals surface area contributed by atoms with E-state index in [2.05, 4.69) is 27.8 Å². The molecular weight excluding hydrogens is 206 g/mol. The summed E-state index contributed by atoms with van der Waals surface area (Å²) in [6, 6.07) is 0.816. The Bertz CT molecular complexity index is 336. The second-order valence-corrected chi connectivity index (χ2v) is 4.38. The molecule has 6 nitrogen and oxygen atoms in total. The molecule has 1 heterocycles. The Morgan fingerprint density at radius 2 is 2.25 bits per heavy atom. The minimum atomic E-state index is 0.185. The molecule has 1 aromatic rings. The highest BCUT2D eigenvalue weighted by Gasteiger charge is 2.27. The number of rotatable bonds is 6. The largest absolute Gasteiger partial charge is 0.380 e. The number of aromatic nitrogens is 4. The summed E-state index contributed by atoms with van der Waals surface area (Å²) in [6.07, 6.45) is 2.58. The summed E-state index contributed by atoms with van der Waals surface area (Å²) >= 11 is 0. The molecule has 90 valence electrons. The van der Waals surface area contributed by atoms with Crippen LogP contribution >= 0.6 is 0 Å². The van der Waals surface area contributed by atoms with E-state index in [1.807, 2.05) is 11.6 Å². The van der Waals surface area contributed by atoms with Gasteiger partial charge in [-0.25, -0.2) is 4.68 Å². The smallest absolute Gasteiger partial charge is 0.165 e. The monoisotopic (exact) mass is 225 g/mol. The highest BCUT2D eigenvalue weighted by molar-refractivity contribution is 4.90. The fraction of sp³-hybridized carbons (Fsp3) is 0.900. The van der Waals surface area contributed by atoms with Gasteiger partial charge in [-0.3, -0.25) is 0 Å². The quantitative estimate of drug-likeness (QED) is 0.764. The van der Waals surface area contributed by atoms with E-state index >= 15 is 0 Å². The zero-order valence-electron chi connectivity index (χ0n) is 10.1. The first-order valence-electron chi connectivity index (χ1n) is 5.75. The summed E-state index contributed by atoms with van der Waals surface area (Å²) in [7, 11) is 1.72. The Balaban J connectivity index is 1.86. The third-order valence-electron chi connectivity index (χ3n) is 3.11. The number of nitrogens with zero attached hydrogens (tertiary/aromatic N) is 4. The molecule has 0 amide bonds. The van der Waals surface area contributed by atoms with E-state index in [0.717, 1.165) is 5.82 Å². The van der Waals surface area contributed by atoms with E-state index in [1.165, 1.54) is 12.8 Å². The number of tetrazole rings is 1. The molecule has 2 atom stereocenters. The summed E-state index contributed by atoms with van der Waals surface area (Å²) in [5.74, 6) is 0.914. The van der Waals surface area contributed by atoms with Crippen LogP contribution in [-0.4, -0.2) is 39.5 Å². The molecule has 6 heteroatoms. The van der Waals surface area contributed by atoms with Crippen molar-refractivity contribution in [2.75, 3.05) is 7.11 Å². The molecule has 0 aliphatic heterocycles. The van der Waals surface area contributed by atoms with Crippen molar-refractivity contribution in [2.24, 2.45) is 0 Å². The molecule has 0 saturated heterocycles. The topological polar surface area (TPSA) is 64.9 Å². The van der Waals surface area contributed by atoms with Gasteiger partial charge in [0.15, 0.2) is 5.82 Å². The molecule has 1 aromatic heterocycles. The lowest BCUT2D eigenvalue weighted by atomic mass is 10.2. The summed E-state index contributed by atoms with van der Waals surface area (Å²) in [6.45, 7) is 4.83. The molecular formula is C10H19N5O. The molecule has 1 N–H and O–H groups in total. The summed E-state index contributed by atoms with van der Waals surface area (Å²) < 4.78 is 7.18. The van der Waals surface area contributed by atoms with E-state index in [4.69, 9.17) is 4.74 Å². The lowest BCUT2D eigenvalue weighted by molar-refractivity contribution is 0.0878. The van der Waals surface area contributed by atoms with Crippen LogP contribution in [-0.2, 0) is 11.3 Å². The Hall–Kier alpha value is -1.01. The fourth-order valence-corrected chi connectivity index (χ4v) is 1.55. The second-order valence-electron chi connectivity index (χ2n) is 4.38. The van der Waals surface area contributed by atoms with Gasteiger partial charge in [0.1, 0.15) is 0 Å². The molecule has 0 radical (unpaired) electrons. The molecule has 16 heavy (non-hydrogen) atoms. The van der Waals surface area contributed by atoms with Gasteiger partial charge in [-0.1, -0.05) is 0 Å². The summed E-state index contributed by atoms with van der Waals surface area (Å²) in [5, 5.41) is 15.1. The lowest BCUT2D eigenvalue weighted by Crippen LogP contribution is -2.36. The van der Waals surface area contributed by atoms with Crippen molar-refractivity contribution in [3.8, 4) is 0 Å². The van der Waals surface area contributed by atoms with Gasteiger partial charge in [-0.15, -0.1) is 5.10 Å². The predicted octanol–water partition coefficient (Wildman–Crippen LogP) is 0.521. The van der Waals surface area contributed by atoms with E-state index in [0.29, 0.717) is 12.6 Å². The van der Waals surface area contributed by atoms with Crippen molar-refractivity contribution >= 4 is 0 Å². The third kappa shape index (κ3) is 2.56. The molecule has 1 fully saturated rings. The zero-order chi connectivity index (χ0) is 11.5. The SMILES string of the molecule is COC(C)C(C)NCc1nnnn1C1CC1. The highest BCUT2D eigenvalue weighted by Crippen LogP contribution is 2.34. The van der Waals surface area contributed by atoms with Crippen LogP contribution in [0.25, 0.3) is 0 Å². The van der Waals surface area contributed by atoms with Gasteiger partial charge in [0, 0.05) is 13.2 Å². The van der Waals surface area contributed by atoms with E-state index in [1.54, 1.807) is 7.11 Å². The first-order chi connectivity index (χ1) is 7.72. The van der Waals surface area contributed by atoms with Crippen molar-refractivity contribution in [1.82, 2.24) is 25.5 Å². The minimum absolute atomic E-state index is 0.185. The van der Waals surface area contributed by atoms with Crippen LogP contribution in [0.5, 0.6) is 0 Å². The number of hydrogen-bond donors (Lipinski definition) is 1. The number of hydrogen-bond acceptors (Lipinski definition) is 5. The van der Waals surface area contributed by atoms with Gasteiger partial charge in [0.25, 0.3) is 0 Å². The third-order valence-corrected chi connectivity index (χ3v) is 3.11. The zero-order valence-corrected chi connectivity index (χ0v) is 10.1. The first-order valence-corrected chi connectivity index (χ1v) is 5.75. The standard InChI is InChI=1S/C10H19N5O/c1-7(8(2)16-3)11-6-10-12-13-14-15(10)9-4-5-9/h7-9,11H,4-6H2,1-3H3. The molecule has 2 rings (SSSR count). The average molecular weight is 225 g/mol. The van der Waals surface area contributed by atoms with Gasteiger partial charge >= 0.3 is 0 Å². The lowest BCUT2D eigenvalue weighted by Gasteiger charge is -2.19. The molecule has 1 aliphatic carbocycles. The molecule has 0 spiro atoms. The van der Waals surface area contributed by atoms with Crippen molar-refractivity contribution < 1.29 is 4.74 Å². The van der Waals surface area contributed by atoms with E-state index in [9.17, 15) is 0 Å². The molecule has 1 saturated carbocycles. The number of nitrogens with one attached hydrogen (secondary N) is 1. The van der Waals surface area contributed by atoms with Gasteiger partial charge in [-0.2, -0.15) is 0 Å². The number of ether oxygens (including phenoxy) is 1. The molecule has 0 aromatic carbocycles. The Labute approximate surface area is 95.4 Å². The van der Waals surface area contributed by atoms with Crippen LogP contribution in [0.2, 0.25) is 0 Å². The fourth-order valence-electron chi connectivity index (χ4n) is 1.55. The maximum absolute atomic E-state index is 5.25. The van der Waals surface area contributed by atoms with Crippen molar-refractivity contribution in [3.05, 3.63) is 5.82 Å². The molecule has 1 aliphatic rings. The van der Waals surface area contributed by atoms with Crippen molar-refractivity contribution in [2.45, 2.75) is 51.4 Å². The number of methoxy groups -OCH3 is 1. The first kappa shape index (κ1) is 11.5.